The molecule has 0 rings (SSSR count). The van der Waals surface area contributed by atoms with Crippen molar-refractivity contribution in [2.75, 3.05) is 46.4 Å². The van der Waals surface area contributed by atoms with E-state index in [1.807, 2.05) is 13.1 Å². The van der Waals surface area contributed by atoms with Gasteiger partial charge in [0.2, 0.25) is 0 Å². The summed E-state index contributed by atoms with van der Waals surface area (Å²) >= 11 is 0. The summed E-state index contributed by atoms with van der Waals surface area (Å²) in [6, 6.07) is 0. The maximum absolute atomic E-state index is 9.93. The van der Waals surface area contributed by atoms with Crippen LogP contribution in [0.25, 0.3) is 0 Å². The van der Waals surface area contributed by atoms with Crippen molar-refractivity contribution < 1.29 is 16.5 Å². The minimum absolute atomic E-state index is 0. The third-order valence-corrected chi connectivity index (χ3v) is 9.61. The van der Waals surface area contributed by atoms with Crippen molar-refractivity contribution in [3.05, 3.63) is 25.0 Å². The number of likely N-dealkylation sites (N-methyl/N-ethyl adjacent to an activating group) is 1. The standard InChI is InChI=1S/C27H53NO2.C9H20O.C9H20.C3H10N2.4CH4.H2/c1-4-6-8-10-12-16-20-24-28(29)25-21-17-14-15-19-23-27(3)30-26-22-18-13-11-9-7-5-2;1-2-3-4-5-6-7-8-9-10;1-3-5-7-9-8-6-4-2;1-5-3-2-4;;;;;/h4,29H,1,3,5-26H2,2H3;10H,2-9H2,1H3;3-9H2,1-2H3;5H,2-4H2,1H3;4*1H4;1H. The van der Waals surface area contributed by atoms with E-state index in [1.165, 1.54) is 178 Å². The van der Waals surface area contributed by atoms with Crippen molar-refractivity contribution in [2.45, 2.75) is 269 Å². The number of nitrogens with zero attached hydrogens (tertiary/aromatic N) is 1. The van der Waals surface area contributed by atoms with Crippen LogP contribution in [0.1, 0.15) is 271 Å². The van der Waals surface area contributed by atoms with E-state index < -0.39 is 0 Å². The molecule has 0 unspecified atom stereocenters. The molecule has 6 heteroatoms. The van der Waals surface area contributed by atoms with Crippen molar-refractivity contribution in [2.24, 2.45) is 5.73 Å². The zero-order valence-electron chi connectivity index (χ0n) is 37.9. The minimum atomic E-state index is 0. The SMILES string of the molecule is C.C.C.C.C=CCCCCCCCN(O)CCCCCCCC(=C)OCCCCCCCCC.CCCCCCCCC.CCCCCCCCCO.CNCCN.[HH]. The van der Waals surface area contributed by atoms with E-state index in [0.717, 1.165) is 77.1 Å². The number of aliphatic hydroxyl groups excluding tert-OH is 1. The maximum Gasteiger partial charge on any atom is 0.0888 e. The summed E-state index contributed by atoms with van der Waals surface area (Å²) in [7, 11) is 1.88. The van der Waals surface area contributed by atoms with E-state index in [4.69, 9.17) is 15.6 Å². The molecule has 0 fully saturated rings. The van der Waals surface area contributed by atoms with Crippen molar-refractivity contribution in [1.82, 2.24) is 10.4 Å². The Labute approximate surface area is 372 Å². The Balaban J connectivity index is -0.000000101. The Morgan fingerprint density at radius 1 is 0.569 bits per heavy atom. The Hall–Kier alpha value is -0.920. The summed E-state index contributed by atoms with van der Waals surface area (Å²) in [4.78, 5) is 0. The van der Waals surface area contributed by atoms with Gasteiger partial charge in [-0.25, -0.2) is 0 Å². The quantitative estimate of drug-likeness (QED) is 0.0213. The largest absolute Gasteiger partial charge is 0.499 e. The van der Waals surface area contributed by atoms with Crippen LogP contribution >= 0.6 is 0 Å². The van der Waals surface area contributed by atoms with E-state index >= 15 is 0 Å². The molecule has 6 nitrogen and oxygen atoms in total. The summed E-state index contributed by atoms with van der Waals surface area (Å²) in [5, 5.41) is 22.8. The van der Waals surface area contributed by atoms with Gasteiger partial charge in [-0.3, -0.25) is 0 Å². The number of allylic oxidation sites excluding steroid dienone is 2. The first-order valence-corrected chi connectivity index (χ1v) is 23.8. The highest BCUT2D eigenvalue weighted by molar-refractivity contribution is 4.81. The molecule has 0 aliphatic rings. The van der Waals surface area contributed by atoms with Crippen LogP contribution in [0.3, 0.4) is 0 Å². The fraction of sp³-hybridized carbons (Fsp3) is 0.923. The minimum Gasteiger partial charge on any atom is -0.499 e. The van der Waals surface area contributed by atoms with Crippen LogP contribution in [-0.2, 0) is 4.74 Å². The summed E-state index contributed by atoms with van der Waals surface area (Å²) in [5.41, 5.74) is 5.08. The Bertz CT molecular complexity index is 626. The maximum atomic E-state index is 9.93. The first kappa shape index (κ1) is 74.5. The van der Waals surface area contributed by atoms with E-state index in [2.05, 4.69) is 46.2 Å². The van der Waals surface area contributed by atoms with Gasteiger partial charge in [0.15, 0.2) is 0 Å². The summed E-state index contributed by atoms with van der Waals surface area (Å²) < 4.78 is 5.76. The molecule has 0 aromatic rings. The molecule has 0 saturated heterocycles. The lowest BCUT2D eigenvalue weighted by atomic mass is 10.1. The monoisotopic (exact) mass is 836 g/mol. The number of nitrogens with one attached hydrogen (secondary N) is 1. The molecule has 0 aromatic heterocycles. The van der Waals surface area contributed by atoms with E-state index in [0.29, 0.717) is 6.61 Å². The molecular formula is C52H121N3O3. The average molecular weight is 837 g/mol. The molecule has 0 spiro atoms. The molecule has 0 aromatic carbocycles. The molecule has 0 bridgehead atoms. The lowest BCUT2D eigenvalue weighted by Crippen LogP contribution is -2.21. The summed E-state index contributed by atoms with van der Waals surface area (Å²) in [6.45, 7) is 21.3. The van der Waals surface area contributed by atoms with Gasteiger partial charge < -0.3 is 26.1 Å². The molecule has 0 amide bonds. The second-order valence-electron chi connectivity index (χ2n) is 15.3. The number of unbranched alkanes of at least 4 members (excludes halogenated alkanes) is 27. The molecule has 5 N–H and O–H groups in total. The highest BCUT2D eigenvalue weighted by Gasteiger charge is 2.01. The molecule has 0 radical (unpaired) electrons. The first-order chi connectivity index (χ1) is 26.4. The predicted molar refractivity (Wildman–Crippen MR) is 273 cm³/mol. The summed E-state index contributed by atoms with van der Waals surface area (Å²) in [6.07, 6.45) is 44.3. The Kier molecular flexibility index (Phi) is 98.6. The second kappa shape index (κ2) is 76.8. The van der Waals surface area contributed by atoms with E-state index in [9.17, 15) is 5.21 Å². The van der Waals surface area contributed by atoms with Crippen LogP contribution in [0.2, 0.25) is 0 Å². The lowest BCUT2D eigenvalue weighted by Gasteiger charge is -2.14. The number of nitrogens with two attached hydrogens (primary N) is 1. The molecule has 0 aliphatic heterocycles. The number of rotatable bonds is 40. The van der Waals surface area contributed by atoms with Crippen LogP contribution < -0.4 is 11.1 Å². The predicted octanol–water partition coefficient (Wildman–Crippen LogP) is 17.3. The molecule has 0 saturated carbocycles. The fourth-order valence-corrected chi connectivity index (χ4v) is 5.96. The van der Waals surface area contributed by atoms with Crippen molar-refractivity contribution >= 4 is 0 Å². The number of ether oxygens (including phenoxy) is 1. The summed E-state index contributed by atoms with van der Waals surface area (Å²) in [5.74, 6) is 0.965. The van der Waals surface area contributed by atoms with Crippen molar-refractivity contribution in [3.63, 3.8) is 0 Å². The highest BCUT2D eigenvalue weighted by Crippen LogP contribution is 2.13. The normalized spacial score (nSPS) is 9.81. The molecule has 0 heterocycles. The number of hydrogen-bond acceptors (Lipinski definition) is 6. The molecule has 0 aliphatic carbocycles. The van der Waals surface area contributed by atoms with Crippen molar-refractivity contribution in [3.8, 4) is 0 Å². The van der Waals surface area contributed by atoms with Gasteiger partial charge in [0.05, 0.1) is 12.4 Å². The van der Waals surface area contributed by atoms with Crippen LogP contribution in [-0.4, -0.2) is 61.8 Å². The smallest absolute Gasteiger partial charge is 0.0888 e. The van der Waals surface area contributed by atoms with Crippen molar-refractivity contribution in [1.29, 1.82) is 0 Å². The second-order valence-corrected chi connectivity index (χ2v) is 15.3. The zero-order valence-corrected chi connectivity index (χ0v) is 37.9. The molecular weight excluding hydrogens is 715 g/mol. The van der Waals surface area contributed by atoms with Gasteiger partial charge >= 0.3 is 0 Å². The van der Waals surface area contributed by atoms with Gasteiger partial charge in [0.1, 0.15) is 0 Å². The number of aliphatic hydroxyl groups is 1. The van der Waals surface area contributed by atoms with Crippen LogP contribution in [0.15, 0.2) is 25.0 Å². The Morgan fingerprint density at radius 2 is 0.914 bits per heavy atom. The molecule has 362 valence electrons. The van der Waals surface area contributed by atoms with Gasteiger partial charge in [-0.2, -0.15) is 5.06 Å². The third kappa shape index (κ3) is 86.8. The van der Waals surface area contributed by atoms with Gasteiger partial charge in [-0.15, -0.1) is 6.58 Å². The topological polar surface area (TPSA) is 91.0 Å². The number of hydroxylamine groups is 2. The van der Waals surface area contributed by atoms with Crippen LogP contribution in [0.5, 0.6) is 0 Å². The van der Waals surface area contributed by atoms with Gasteiger partial charge in [0, 0.05) is 40.6 Å². The van der Waals surface area contributed by atoms with E-state index in [1.54, 1.807) is 0 Å². The fourth-order valence-electron chi connectivity index (χ4n) is 5.96. The Morgan fingerprint density at radius 3 is 1.26 bits per heavy atom. The van der Waals surface area contributed by atoms with E-state index in [-0.39, 0.29) is 31.1 Å². The lowest BCUT2D eigenvalue weighted by molar-refractivity contribution is -0.0925. The number of hydrogen-bond donors (Lipinski definition) is 4. The van der Waals surface area contributed by atoms with Gasteiger partial charge in [0.25, 0.3) is 0 Å². The molecule has 0 atom stereocenters. The highest BCUT2D eigenvalue weighted by atomic mass is 16.5. The van der Waals surface area contributed by atoms with Gasteiger partial charge in [-0.1, -0.05) is 231 Å². The van der Waals surface area contributed by atoms with Crippen LogP contribution in [0.4, 0.5) is 0 Å². The van der Waals surface area contributed by atoms with Gasteiger partial charge in [-0.05, 0) is 52.0 Å². The zero-order chi connectivity index (χ0) is 40.9. The average Bonchev–Trinajstić information content (AvgIpc) is 3.17. The first-order valence-electron chi connectivity index (χ1n) is 23.8. The third-order valence-electron chi connectivity index (χ3n) is 9.61. The molecule has 58 heavy (non-hydrogen) atoms. The van der Waals surface area contributed by atoms with Crippen LogP contribution in [0, 0.1) is 0 Å².